The van der Waals surface area contributed by atoms with E-state index in [9.17, 15) is 8.42 Å². The highest BCUT2D eigenvalue weighted by molar-refractivity contribution is 7.92. The first kappa shape index (κ1) is 15.4. The summed E-state index contributed by atoms with van der Waals surface area (Å²) in [7, 11) is -2.14. The first-order valence-electron chi connectivity index (χ1n) is 6.56. The number of aromatic nitrogens is 2. The van der Waals surface area contributed by atoms with Crippen molar-refractivity contribution in [2.24, 2.45) is 0 Å². The molecule has 0 radical (unpaired) electrons. The summed E-state index contributed by atoms with van der Waals surface area (Å²) >= 11 is 0. The molecule has 0 amide bonds. The summed E-state index contributed by atoms with van der Waals surface area (Å²) in [6.45, 7) is 5.57. The standard InChI is InChI=1S/C14H19N3O3S/c1-10(2)17-9-14(11(3)15-17)21(18,19)16-12-6-5-7-13(8-12)20-4/h5-10,16H,1-4H3. The molecule has 6 nitrogen and oxygen atoms in total. The summed E-state index contributed by atoms with van der Waals surface area (Å²) in [6, 6.07) is 6.87. The fourth-order valence-electron chi connectivity index (χ4n) is 1.89. The van der Waals surface area contributed by atoms with E-state index < -0.39 is 10.0 Å². The predicted molar refractivity (Wildman–Crippen MR) is 81.2 cm³/mol. The van der Waals surface area contributed by atoms with Crippen LogP contribution in [-0.2, 0) is 10.0 Å². The Labute approximate surface area is 124 Å². The number of aryl methyl sites for hydroxylation is 1. The minimum atomic E-state index is -3.67. The molecular formula is C14H19N3O3S. The van der Waals surface area contributed by atoms with Crippen LogP contribution in [0.5, 0.6) is 5.75 Å². The van der Waals surface area contributed by atoms with E-state index in [0.29, 0.717) is 17.1 Å². The Bertz CT molecular complexity index is 736. The van der Waals surface area contributed by atoms with Gasteiger partial charge < -0.3 is 4.74 Å². The van der Waals surface area contributed by atoms with Gasteiger partial charge >= 0.3 is 0 Å². The molecule has 0 bridgehead atoms. The van der Waals surface area contributed by atoms with Gasteiger partial charge in [-0.05, 0) is 32.9 Å². The Kier molecular flexibility index (Phi) is 4.22. The number of nitrogens with one attached hydrogen (secondary N) is 1. The topological polar surface area (TPSA) is 73.2 Å². The van der Waals surface area contributed by atoms with Gasteiger partial charge in [0.2, 0.25) is 0 Å². The molecular weight excluding hydrogens is 290 g/mol. The highest BCUT2D eigenvalue weighted by atomic mass is 32.2. The number of ether oxygens (including phenoxy) is 1. The van der Waals surface area contributed by atoms with Crippen molar-refractivity contribution in [3.8, 4) is 5.75 Å². The van der Waals surface area contributed by atoms with Crippen LogP contribution >= 0.6 is 0 Å². The number of rotatable bonds is 5. The van der Waals surface area contributed by atoms with Gasteiger partial charge in [-0.3, -0.25) is 9.40 Å². The number of benzene rings is 1. The Hall–Kier alpha value is -2.02. The maximum Gasteiger partial charge on any atom is 0.265 e. The third-order valence-corrected chi connectivity index (χ3v) is 4.50. The Balaban J connectivity index is 2.33. The van der Waals surface area contributed by atoms with E-state index in [-0.39, 0.29) is 10.9 Å². The molecule has 114 valence electrons. The van der Waals surface area contributed by atoms with E-state index in [1.165, 1.54) is 7.11 Å². The summed E-state index contributed by atoms with van der Waals surface area (Å²) in [5.74, 6) is 0.588. The Morgan fingerprint density at radius 2 is 2.05 bits per heavy atom. The van der Waals surface area contributed by atoms with Crippen LogP contribution < -0.4 is 9.46 Å². The zero-order valence-corrected chi connectivity index (χ0v) is 13.3. The zero-order valence-electron chi connectivity index (χ0n) is 12.5. The molecule has 21 heavy (non-hydrogen) atoms. The van der Waals surface area contributed by atoms with E-state index in [2.05, 4.69) is 9.82 Å². The lowest BCUT2D eigenvalue weighted by atomic mass is 10.3. The quantitative estimate of drug-likeness (QED) is 0.921. The summed E-state index contributed by atoms with van der Waals surface area (Å²) in [6.07, 6.45) is 1.54. The summed E-state index contributed by atoms with van der Waals surface area (Å²) in [5, 5.41) is 4.22. The molecule has 7 heteroatoms. The second kappa shape index (κ2) is 5.77. The number of nitrogens with zero attached hydrogens (tertiary/aromatic N) is 2. The number of sulfonamides is 1. The van der Waals surface area contributed by atoms with Gasteiger partial charge in [-0.25, -0.2) is 8.42 Å². The lowest BCUT2D eigenvalue weighted by Gasteiger charge is -2.08. The van der Waals surface area contributed by atoms with Crippen molar-refractivity contribution in [3.05, 3.63) is 36.2 Å². The Morgan fingerprint density at radius 3 is 2.62 bits per heavy atom. The van der Waals surface area contributed by atoms with Crippen LogP contribution in [0.2, 0.25) is 0 Å². The highest BCUT2D eigenvalue weighted by Crippen LogP contribution is 2.22. The molecule has 2 rings (SSSR count). The summed E-state index contributed by atoms with van der Waals surface area (Å²) < 4.78 is 34.2. The van der Waals surface area contributed by atoms with Crippen molar-refractivity contribution >= 4 is 15.7 Å². The van der Waals surface area contributed by atoms with Crippen LogP contribution in [0.15, 0.2) is 35.4 Å². The van der Waals surface area contributed by atoms with Crippen LogP contribution in [0, 0.1) is 6.92 Å². The van der Waals surface area contributed by atoms with Gasteiger partial charge in [0.25, 0.3) is 10.0 Å². The third-order valence-electron chi connectivity index (χ3n) is 3.01. The van der Waals surface area contributed by atoms with Crippen molar-refractivity contribution in [2.45, 2.75) is 31.7 Å². The molecule has 0 saturated heterocycles. The maximum atomic E-state index is 12.5. The molecule has 0 aliphatic carbocycles. The average molecular weight is 309 g/mol. The van der Waals surface area contributed by atoms with Gasteiger partial charge in [0.1, 0.15) is 10.6 Å². The lowest BCUT2D eigenvalue weighted by Crippen LogP contribution is -2.13. The van der Waals surface area contributed by atoms with E-state index in [1.807, 2.05) is 13.8 Å². The van der Waals surface area contributed by atoms with Crippen molar-refractivity contribution in [3.63, 3.8) is 0 Å². The molecule has 1 aromatic heterocycles. The first-order valence-corrected chi connectivity index (χ1v) is 8.04. The summed E-state index contributed by atoms with van der Waals surface area (Å²) in [5.41, 5.74) is 0.921. The number of methoxy groups -OCH3 is 1. The lowest BCUT2D eigenvalue weighted by molar-refractivity contribution is 0.415. The first-order chi connectivity index (χ1) is 9.83. The predicted octanol–water partition coefficient (Wildman–Crippen LogP) is 2.58. The average Bonchev–Trinajstić information content (AvgIpc) is 2.81. The van der Waals surface area contributed by atoms with Gasteiger partial charge in [0.15, 0.2) is 0 Å². The summed E-state index contributed by atoms with van der Waals surface area (Å²) in [4.78, 5) is 0.180. The van der Waals surface area contributed by atoms with E-state index in [1.54, 1.807) is 42.1 Å². The fourth-order valence-corrected chi connectivity index (χ4v) is 3.11. The van der Waals surface area contributed by atoms with Crippen LogP contribution in [0.3, 0.4) is 0 Å². The SMILES string of the molecule is COc1cccc(NS(=O)(=O)c2cn(C(C)C)nc2C)c1. The van der Waals surface area contributed by atoms with Crippen LogP contribution in [0.25, 0.3) is 0 Å². The van der Waals surface area contributed by atoms with Crippen LogP contribution in [0.1, 0.15) is 25.6 Å². The normalized spacial score (nSPS) is 11.7. The van der Waals surface area contributed by atoms with Gasteiger partial charge in [-0.15, -0.1) is 0 Å². The van der Waals surface area contributed by atoms with E-state index >= 15 is 0 Å². The second-order valence-corrected chi connectivity index (χ2v) is 6.64. The third kappa shape index (κ3) is 3.36. The van der Waals surface area contributed by atoms with E-state index in [0.717, 1.165) is 0 Å². The molecule has 0 unspecified atom stereocenters. The number of hydrogen-bond donors (Lipinski definition) is 1. The van der Waals surface area contributed by atoms with Crippen molar-refractivity contribution in [1.82, 2.24) is 9.78 Å². The van der Waals surface area contributed by atoms with Crippen LogP contribution in [0.4, 0.5) is 5.69 Å². The number of anilines is 1. The van der Waals surface area contributed by atoms with E-state index in [4.69, 9.17) is 4.74 Å². The van der Waals surface area contributed by atoms with Gasteiger partial charge in [-0.2, -0.15) is 5.10 Å². The zero-order chi connectivity index (χ0) is 15.6. The van der Waals surface area contributed by atoms with Gasteiger partial charge in [0, 0.05) is 18.3 Å². The Morgan fingerprint density at radius 1 is 1.33 bits per heavy atom. The molecule has 0 aliphatic heterocycles. The molecule has 1 aromatic carbocycles. The van der Waals surface area contributed by atoms with Crippen molar-refractivity contribution in [2.75, 3.05) is 11.8 Å². The van der Waals surface area contributed by atoms with Gasteiger partial charge in [-0.1, -0.05) is 6.07 Å². The molecule has 0 fully saturated rings. The molecule has 0 saturated carbocycles. The largest absolute Gasteiger partial charge is 0.497 e. The minimum Gasteiger partial charge on any atom is -0.497 e. The molecule has 0 aliphatic rings. The van der Waals surface area contributed by atoms with Crippen molar-refractivity contribution < 1.29 is 13.2 Å². The highest BCUT2D eigenvalue weighted by Gasteiger charge is 2.21. The number of hydrogen-bond acceptors (Lipinski definition) is 4. The molecule has 1 N–H and O–H groups in total. The smallest absolute Gasteiger partial charge is 0.265 e. The second-order valence-electron chi connectivity index (χ2n) is 4.99. The molecule has 2 aromatic rings. The fraction of sp³-hybridized carbons (Fsp3) is 0.357. The minimum absolute atomic E-state index is 0.101. The van der Waals surface area contributed by atoms with Crippen molar-refractivity contribution in [1.29, 1.82) is 0 Å². The molecule has 0 atom stereocenters. The van der Waals surface area contributed by atoms with Crippen LogP contribution in [-0.4, -0.2) is 25.3 Å². The molecule has 0 spiro atoms. The van der Waals surface area contributed by atoms with Gasteiger partial charge in [0.05, 0.1) is 18.5 Å². The maximum absolute atomic E-state index is 12.5. The molecule has 1 heterocycles. The monoisotopic (exact) mass is 309 g/mol.